The third kappa shape index (κ3) is 1.92. The highest BCUT2D eigenvalue weighted by atomic mass is 16.2. The third-order valence-electron chi connectivity index (χ3n) is 3.97. The van der Waals surface area contributed by atoms with E-state index in [1.54, 1.807) is 0 Å². The van der Waals surface area contributed by atoms with Gasteiger partial charge in [0.15, 0.2) is 0 Å². The monoisotopic (exact) mass is 245 g/mol. The second-order valence-corrected chi connectivity index (χ2v) is 5.25. The van der Waals surface area contributed by atoms with Crippen LogP contribution in [0, 0.1) is 0 Å². The largest absolute Gasteiger partial charge is 0.398 e. The summed E-state index contributed by atoms with van der Waals surface area (Å²) in [5.41, 5.74) is 9.13. The zero-order valence-corrected chi connectivity index (χ0v) is 10.7. The molecule has 4 nitrogen and oxygen atoms in total. The number of fused-ring (bicyclic) bond motifs is 1. The number of benzene rings is 1. The van der Waals surface area contributed by atoms with Crippen LogP contribution in [0.1, 0.15) is 18.4 Å². The van der Waals surface area contributed by atoms with Crippen molar-refractivity contribution in [1.82, 2.24) is 4.90 Å². The molecule has 0 radical (unpaired) electrons. The average molecular weight is 245 g/mol. The van der Waals surface area contributed by atoms with Crippen LogP contribution in [0.15, 0.2) is 18.2 Å². The zero-order chi connectivity index (χ0) is 12.7. The van der Waals surface area contributed by atoms with Crippen molar-refractivity contribution in [2.75, 3.05) is 30.8 Å². The number of nitrogen functional groups attached to an aromatic ring is 1. The molecule has 2 aliphatic rings. The van der Waals surface area contributed by atoms with Crippen molar-refractivity contribution in [3.63, 3.8) is 0 Å². The molecule has 1 aliphatic heterocycles. The first-order chi connectivity index (χ1) is 8.66. The number of amides is 1. The molecule has 1 fully saturated rings. The standard InChI is InChI=1S/C14H19N3O/c1-16(10-5-6-10)14(18)9-17-8-7-11-12(15)3-2-4-13(11)17/h2-4,10H,5-9,15H2,1H3. The molecule has 4 heteroatoms. The summed E-state index contributed by atoms with van der Waals surface area (Å²) in [4.78, 5) is 16.2. The minimum absolute atomic E-state index is 0.216. The second kappa shape index (κ2) is 4.19. The molecule has 0 unspecified atom stereocenters. The molecule has 1 amide bonds. The number of anilines is 2. The molecule has 0 aromatic heterocycles. The van der Waals surface area contributed by atoms with E-state index in [0.29, 0.717) is 12.6 Å². The first-order valence-electron chi connectivity index (χ1n) is 6.55. The molecule has 1 heterocycles. The van der Waals surface area contributed by atoms with Crippen molar-refractivity contribution in [1.29, 1.82) is 0 Å². The molecule has 18 heavy (non-hydrogen) atoms. The van der Waals surface area contributed by atoms with Gasteiger partial charge in [-0.25, -0.2) is 0 Å². The van der Waals surface area contributed by atoms with Gasteiger partial charge in [-0.1, -0.05) is 6.07 Å². The fraction of sp³-hybridized carbons (Fsp3) is 0.500. The Bertz CT molecular complexity index is 482. The van der Waals surface area contributed by atoms with Crippen LogP contribution in [0.3, 0.4) is 0 Å². The van der Waals surface area contributed by atoms with Gasteiger partial charge in [0, 0.05) is 36.6 Å². The summed E-state index contributed by atoms with van der Waals surface area (Å²) < 4.78 is 0. The predicted molar refractivity (Wildman–Crippen MR) is 72.6 cm³/mol. The highest BCUT2D eigenvalue weighted by molar-refractivity contribution is 5.83. The van der Waals surface area contributed by atoms with Gasteiger partial charge < -0.3 is 15.5 Å². The Morgan fingerprint density at radius 2 is 2.28 bits per heavy atom. The number of likely N-dealkylation sites (N-methyl/N-ethyl adjacent to an activating group) is 1. The molecule has 1 saturated carbocycles. The molecule has 0 spiro atoms. The SMILES string of the molecule is CN(C(=O)CN1CCc2c(N)cccc21)C1CC1. The molecule has 3 rings (SSSR count). The number of nitrogens with zero attached hydrogens (tertiary/aromatic N) is 2. The lowest BCUT2D eigenvalue weighted by Crippen LogP contribution is -2.38. The first-order valence-corrected chi connectivity index (χ1v) is 6.55. The van der Waals surface area contributed by atoms with E-state index in [1.165, 1.54) is 5.56 Å². The number of hydrogen-bond donors (Lipinski definition) is 1. The van der Waals surface area contributed by atoms with Crippen molar-refractivity contribution in [2.24, 2.45) is 0 Å². The number of hydrogen-bond acceptors (Lipinski definition) is 3. The van der Waals surface area contributed by atoms with Gasteiger partial charge in [0.25, 0.3) is 0 Å². The van der Waals surface area contributed by atoms with Crippen LogP contribution in [-0.4, -0.2) is 37.0 Å². The number of nitrogens with two attached hydrogens (primary N) is 1. The number of rotatable bonds is 3. The van der Waals surface area contributed by atoms with E-state index in [0.717, 1.165) is 37.2 Å². The quantitative estimate of drug-likeness (QED) is 0.815. The third-order valence-corrected chi connectivity index (χ3v) is 3.97. The maximum Gasteiger partial charge on any atom is 0.242 e. The van der Waals surface area contributed by atoms with Gasteiger partial charge in [0.05, 0.1) is 6.54 Å². The lowest BCUT2D eigenvalue weighted by molar-refractivity contribution is -0.128. The Labute approximate surface area is 107 Å². The van der Waals surface area contributed by atoms with E-state index in [1.807, 2.05) is 24.1 Å². The smallest absolute Gasteiger partial charge is 0.242 e. The Morgan fingerprint density at radius 3 is 3.00 bits per heavy atom. The molecule has 1 aromatic carbocycles. The van der Waals surface area contributed by atoms with Gasteiger partial charge in [-0.05, 0) is 31.4 Å². The van der Waals surface area contributed by atoms with E-state index in [4.69, 9.17) is 5.73 Å². The molecule has 96 valence electrons. The van der Waals surface area contributed by atoms with E-state index in [-0.39, 0.29) is 5.91 Å². The molecule has 2 N–H and O–H groups in total. The van der Waals surface area contributed by atoms with Crippen molar-refractivity contribution in [3.05, 3.63) is 23.8 Å². The van der Waals surface area contributed by atoms with Crippen molar-refractivity contribution >= 4 is 17.3 Å². The fourth-order valence-electron chi connectivity index (χ4n) is 2.63. The molecule has 1 aromatic rings. The summed E-state index contributed by atoms with van der Waals surface area (Å²) >= 11 is 0. The summed E-state index contributed by atoms with van der Waals surface area (Å²) in [6.45, 7) is 1.37. The van der Waals surface area contributed by atoms with Crippen LogP contribution >= 0.6 is 0 Å². The molecule has 0 bridgehead atoms. The summed E-state index contributed by atoms with van der Waals surface area (Å²) in [5, 5.41) is 0. The number of carbonyl (C=O) groups excluding carboxylic acids is 1. The lowest BCUT2D eigenvalue weighted by atomic mass is 10.1. The van der Waals surface area contributed by atoms with E-state index < -0.39 is 0 Å². The van der Waals surface area contributed by atoms with Crippen LogP contribution in [0.4, 0.5) is 11.4 Å². The van der Waals surface area contributed by atoms with E-state index in [2.05, 4.69) is 11.0 Å². The van der Waals surface area contributed by atoms with Gasteiger partial charge in [-0.2, -0.15) is 0 Å². The normalized spacial score (nSPS) is 17.7. The Morgan fingerprint density at radius 1 is 1.50 bits per heavy atom. The van der Waals surface area contributed by atoms with Gasteiger partial charge >= 0.3 is 0 Å². The van der Waals surface area contributed by atoms with Crippen molar-refractivity contribution in [2.45, 2.75) is 25.3 Å². The fourth-order valence-corrected chi connectivity index (χ4v) is 2.63. The maximum absolute atomic E-state index is 12.1. The minimum atomic E-state index is 0.216. The lowest BCUT2D eigenvalue weighted by Gasteiger charge is -2.23. The van der Waals surface area contributed by atoms with E-state index >= 15 is 0 Å². The predicted octanol–water partition coefficient (Wildman–Crippen LogP) is 1.25. The average Bonchev–Trinajstić information content (AvgIpc) is 3.12. The van der Waals surface area contributed by atoms with Gasteiger partial charge in [0.1, 0.15) is 0 Å². The summed E-state index contributed by atoms with van der Waals surface area (Å²) in [5.74, 6) is 0.216. The maximum atomic E-state index is 12.1. The van der Waals surface area contributed by atoms with Crippen molar-refractivity contribution in [3.8, 4) is 0 Å². The minimum Gasteiger partial charge on any atom is -0.398 e. The molecular formula is C14H19N3O. The van der Waals surface area contributed by atoms with Crippen LogP contribution in [0.25, 0.3) is 0 Å². The van der Waals surface area contributed by atoms with Crippen LogP contribution in [-0.2, 0) is 11.2 Å². The molecule has 0 atom stereocenters. The first kappa shape index (κ1) is 11.4. The summed E-state index contributed by atoms with van der Waals surface area (Å²) in [7, 11) is 1.91. The molecular weight excluding hydrogens is 226 g/mol. The van der Waals surface area contributed by atoms with Crippen LogP contribution < -0.4 is 10.6 Å². The highest BCUT2D eigenvalue weighted by Crippen LogP contribution is 2.32. The van der Waals surface area contributed by atoms with Crippen LogP contribution in [0.2, 0.25) is 0 Å². The zero-order valence-electron chi connectivity index (χ0n) is 10.7. The molecule has 0 saturated heterocycles. The van der Waals surface area contributed by atoms with Crippen LogP contribution in [0.5, 0.6) is 0 Å². The Hall–Kier alpha value is -1.71. The summed E-state index contributed by atoms with van der Waals surface area (Å²) in [6, 6.07) is 6.44. The number of carbonyl (C=O) groups is 1. The molecule has 1 aliphatic carbocycles. The van der Waals surface area contributed by atoms with Gasteiger partial charge in [-0.3, -0.25) is 4.79 Å². The summed E-state index contributed by atoms with van der Waals surface area (Å²) in [6.07, 6.45) is 3.26. The highest BCUT2D eigenvalue weighted by Gasteiger charge is 2.31. The Kier molecular flexibility index (Phi) is 2.65. The van der Waals surface area contributed by atoms with Gasteiger partial charge in [0.2, 0.25) is 5.91 Å². The van der Waals surface area contributed by atoms with Gasteiger partial charge in [-0.15, -0.1) is 0 Å². The van der Waals surface area contributed by atoms with Crippen molar-refractivity contribution < 1.29 is 4.79 Å². The van der Waals surface area contributed by atoms with E-state index in [9.17, 15) is 4.79 Å². The Balaban J connectivity index is 1.72. The second-order valence-electron chi connectivity index (χ2n) is 5.25. The topological polar surface area (TPSA) is 49.6 Å².